The zero-order valence-electron chi connectivity index (χ0n) is 17.9. The predicted octanol–water partition coefficient (Wildman–Crippen LogP) is 3.88. The minimum Gasteiger partial charge on any atom is -0.494 e. The van der Waals surface area contributed by atoms with Crippen LogP contribution in [0.5, 0.6) is 5.75 Å². The molecular weight excluding hydrogens is 376 g/mol. The molecule has 0 saturated heterocycles. The van der Waals surface area contributed by atoms with Gasteiger partial charge in [-0.1, -0.05) is 50.2 Å². The van der Waals surface area contributed by atoms with E-state index in [1.54, 1.807) is 0 Å². The number of carbonyl (C=O) groups is 2. The molecule has 2 aromatic carbocycles. The molecule has 4 rings (SSSR count). The monoisotopic (exact) mass is 404 g/mol. The third-order valence-corrected chi connectivity index (χ3v) is 5.59. The molecule has 0 saturated carbocycles. The first-order chi connectivity index (χ1) is 14.5. The van der Waals surface area contributed by atoms with Crippen molar-refractivity contribution in [1.29, 1.82) is 0 Å². The Kier molecular flexibility index (Phi) is 5.62. The van der Waals surface area contributed by atoms with Crippen molar-refractivity contribution in [3.8, 4) is 5.75 Å². The molecule has 2 heterocycles. The smallest absolute Gasteiger partial charge is 0.277 e. The largest absolute Gasteiger partial charge is 0.494 e. The second-order valence-electron chi connectivity index (χ2n) is 8.24. The van der Waals surface area contributed by atoms with Crippen LogP contribution in [0.25, 0.3) is 5.57 Å². The highest BCUT2D eigenvalue weighted by Gasteiger charge is 2.42. The molecular formula is C25H28N2O3. The summed E-state index contributed by atoms with van der Waals surface area (Å²) in [5, 5.41) is 0. The molecule has 0 N–H and O–H groups in total. The Balaban J connectivity index is 1.75. The molecule has 5 nitrogen and oxygen atoms in total. The van der Waals surface area contributed by atoms with Crippen molar-refractivity contribution in [3.63, 3.8) is 0 Å². The van der Waals surface area contributed by atoms with Crippen molar-refractivity contribution in [3.05, 3.63) is 70.9 Å². The molecule has 0 atom stereocenters. The van der Waals surface area contributed by atoms with E-state index in [0.29, 0.717) is 31.0 Å². The first-order valence-corrected chi connectivity index (χ1v) is 10.6. The van der Waals surface area contributed by atoms with Gasteiger partial charge in [-0.15, -0.1) is 0 Å². The van der Waals surface area contributed by atoms with Gasteiger partial charge in [-0.25, -0.2) is 0 Å². The molecule has 0 radical (unpaired) electrons. The fraction of sp³-hybridized carbons (Fsp3) is 0.360. The minimum absolute atomic E-state index is 0.183. The number of amides is 2. The summed E-state index contributed by atoms with van der Waals surface area (Å²) in [6.45, 7) is 8.35. The van der Waals surface area contributed by atoms with Gasteiger partial charge in [-0.3, -0.25) is 14.5 Å². The number of fused-ring (bicyclic) bond motifs is 1. The second kappa shape index (κ2) is 8.34. The average Bonchev–Trinajstić information content (AvgIpc) is 2.98. The highest BCUT2D eigenvalue weighted by molar-refractivity contribution is 6.35. The van der Waals surface area contributed by atoms with Gasteiger partial charge in [0.25, 0.3) is 11.8 Å². The van der Waals surface area contributed by atoms with Gasteiger partial charge in [0.15, 0.2) is 0 Å². The number of hydrogen-bond acceptors (Lipinski definition) is 4. The van der Waals surface area contributed by atoms with Gasteiger partial charge in [-0.05, 0) is 48.1 Å². The first-order valence-electron chi connectivity index (χ1n) is 10.6. The van der Waals surface area contributed by atoms with Crippen LogP contribution in [0.4, 0.5) is 0 Å². The SMILES string of the molecule is CCOc1ccc(C2=C(N3CCc4ccccc4C3)C(=O)N(CC(C)C)C2=O)cc1. The summed E-state index contributed by atoms with van der Waals surface area (Å²) in [7, 11) is 0. The van der Waals surface area contributed by atoms with E-state index in [-0.39, 0.29) is 17.7 Å². The summed E-state index contributed by atoms with van der Waals surface area (Å²) >= 11 is 0. The van der Waals surface area contributed by atoms with Gasteiger partial charge >= 0.3 is 0 Å². The molecule has 2 aromatic rings. The van der Waals surface area contributed by atoms with Crippen LogP contribution < -0.4 is 4.74 Å². The predicted molar refractivity (Wildman–Crippen MR) is 117 cm³/mol. The number of rotatable bonds is 6. The van der Waals surface area contributed by atoms with E-state index in [0.717, 1.165) is 24.3 Å². The summed E-state index contributed by atoms with van der Waals surface area (Å²) in [6, 6.07) is 15.8. The highest BCUT2D eigenvalue weighted by atomic mass is 16.5. The maximum atomic E-state index is 13.4. The molecule has 2 aliphatic heterocycles. The van der Waals surface area contributed by atoms with Crippen LogP contribution >= 0.6 is 0 Å². The van der Waals surface area contributed by atoms with E-state index in [4.69, 9.17) is 4.74 Å². The number of nitrogens with zero attached hydrogens (tertiary/aromatic N) is 2. The Morgan fingerprint density at radius 3 is 2.33 bits per heavy atom. The number of carbonyl (C=O) groups excluding carboxylic acids is 2. The molecule has 0 aromatic heterocycles. The van der Waals surface area contributed by atoms with Crippen LogP contribution in [0.15, 0.2) is 54.2 Å². The fourth-order valence-corrected chi connectivity index (χ4v) is 4.22. The van der Waals surface area contributed by atoms with E-state index >= 15 is 0 Å². The second-order valence-corrected chi connectivity index (χ2v) is 8.24. The van der Waals surface area contributed by atoms with E-state index < -0.39 is 0 Å². The molecule has 156 valence electrons. The summed E-state index contributed by atoms with van der Waals surface area (Å²) in [4.78, 5) is 30.2. The van der Waals surface area contributed by atoms with Gasteiger partial charge in [-0.2, -0.15) is 0 Å². The van der Waals surface area contributed by atoms with Crippen molar-refractivity contribution in [2.45, 2.75) is 33.7 Å². The molecule has 30 heavy (non-hydrogen) atoms. The van der Waals surface area contributed by atoms with Crippen molar-refractivity contribution in [1.82, 2.24) is 9.80 Å². The summed E-state index contributed by atoms with van der Waals surface area (Å²) in [5.41, 5.74) is 4.32. The normalized spacial score (nSPS) is 16.5. The number of benzene rings is 2. The van der Waals surface area contributed by atoms with E-state index in [2.05, 4.69) is 17.0 Å². The third kappa shape index (κ3) is 3.72. The fourth-order valence-electron chi connectivity index (χ4n) is 4.22. The van der Waals surface area contributed by atoms with E-state index in [1.807, 2.05) is 57.2 Å². The molecule has 5 heteroatoms. The summed E-state index contributed by atoms with van der Waals surface area (Å²) in [6.07, 6.45) is 0.863. The van der Waals surface area contributed by atoms with Crippen molar-refractivity contribution < 1.29 is 14.3 Å². The third-order valence-electron chi connectivity index (χ3n) is 5.59. The van der Waals surface area contributed by atoms with Crippen molar-refractivity contribution in [2.75, 3.05) is 19.7 Å². The lowest BCUT2D eigenvalue weighted by Gasteiger charge is -2.31. The van der Waals surface area contributed by atoms with Crippen LogP contribution in [0.1, 0.15) is 37.5 Å². The number of imide groups is 1. The minimum atomic E-state index is -0.202. The van der Waals surface area contributed by atoms with Crippen LogP contribution in [-0.2, 0) is 22.6 Å². The molecule has 0 spiro atoms. The molecule has 0 unspecified atom stereocenters. The average molecular weight is 405 g/mol. The maximum Gasteiger partial charge on any atom is 0.277 e. The Labute approximate surface area is 177 Å². The molecule has 0 fully saturated rings. The Morgan fingerprint density at radius 1 is 0.967 bits per heavy atom. The molecule has 0 aliphatic carbocycles. The van der Waals surface area contributed by atoms with Gasteiger partial charge in [0, 0.05) is 19.6 Å². The van der Waals surface area contributed by atoms with Gasteiger partial charge in [0.1, 0.15) is 11.4 Å². The Morgan fingerprint density at radius 2 is 1.67 bits per heavy atom. The lowest BCUT2D eigenvalue weighted by atomic mass is 9.98. The standard InChI is InChI=1S/C25H28N2O3/c1-4-30-21-11-9-19(10-12-21)22-23(25(29)27(24(22)28)15-17(2)3)26-14-13-18-7-5-6-8-20(18)16-26/h5-12,17H,4,13-16H2,1-3H3. The van der Waals surface area contributed by atoms with Gasteiger partial charge in [0.05, 0.1) is 12.2 Å². The zero-order chi connectivity index (χ0) is 21.3. The zero-order valence-corrected chi connectivity index (χ0v) is 17.9. The maximum absolute atomic E-state index is 13.4. The summed E-state index contributed by atoms with van der Waals surface area (Å²) < 4.78 is 5.54. The van der Waals surface area contributed by atoms with Gasteiger partial charge < -0.3 is 9.64 Å². The van der Waals surface area contributed by atoms with Crippen LogP contribution in [0.2, 0.25) is 0 Å². The topological polar surface area (TPSA) is 49.9 Å². The van der Waals surface area contributed by atoms with E-state index in [1.165, 1.54) is 16.0 Å². The molecule has 2 amide bonds. The highest BCUT2D eigenvalue weighted by Crippen LogP contribution is 2.35. The number of hydrogen-bond donors (Lipinski definition) is 0. The Bertz CT molecular complexity index is 992. The van der Waals surface area contributed by atoms with Crippen LogP contribution in [0.3, 0.4) is 0 Å². The van der Waals surface area contributed by atoms with Crippen molar-refractivity contribution >= 4 is 17.4 Å². The summed E-state index contributed by atoms with van der Waals surface area (Å²) in [5.74, 6) is 0.579. The molecule has 0 bridgehead atoms. The Hall–Kier alpha value is -3.08. The first kappa shape index (κ1) is 20.2. The molecule has 2 aliphatic rings. The van der Waals surface area contributed by atoms with E-state index in [9.17, 15) is 9.59 Å². The van der Waals surface area contributed by atoms with Crippen LogP contribution in [0, 0.1) is 5.92 Å². The lowest BCUT2D eigenvalue weighted by Crippen LogP contribution is -2.38. The number of ether oxygens (including phenoxy) is 1. The lowest BCUT2D eigenvalue weighted by molar-refractivity contribution is -0.138. The quantitative estimate of drug-likeness (QED) is 0.686. The van der Waals surface area contributed by atoms with Gasteiger partial charge in [0.2, 0.25) is 0 Å². The van der Waals surface area contributed by atoms with Crippen LogP contribution in [-0.4, -0.2) is 41.3 Å². The van der Waals surface area contributed by atoms with Crippen molar-refractivity contribution in [2.24, 2.45) is 5.92 Å².